The van der Waals surface area contributed by atoms with E-state index in [1.807, 2.05) is 25.3 Å². The largest absolute Gasteiger partial charge is 0.303 e. The van der Waals surface area contributed by atoms with E-state index >= 15 is 0 Å². The van der Waals surface area contributed by atoms with E-state index in [0.29, 0.717) is 6.04 Å². The van der Waals surface area contributed by atoms with Crippen LogP contribution < -0.4 is 0 Å². The average Bonchev–Trinajstić information content (AvgIpc) is 3.21. The van der Waals surface area contributed by atoms with E-state index in [-0.39, 0.29) is 0 Å². The van der Waals surface area contributed by atoms with Crippen molar-refractivity contribution in [1.29, 1.82) is 0 Å². The average molecular weight is 357 g/mol. The molecule has 4 heterocycles. The van der Waals surface area contributed by atoms with Crippen molar-refractivity contribution in [2.45, 2.75) is 36.3 Å². The van der Waals surface area contributed by atoms with Gasteiger partial charge in [0.1, 0.15) is 5.82 Å². The van der Waals surface area contributed by atoms with Gasteiger partial charge in [-0.05, 0) is 44.7 Å². The highest BCUT2D eigenvalue weighted by atomic mass is 32.2. The van der Waals surface area contributed by atoms with E-state index in [4.69, 9.17) is 0 Å². The van der Waals surface area contributed by atoms with Crippen LogP contribution in [0.15, 0.2) is 40.2 Å². The van der Waals surface area contributed by atoms with Gasteiger partial charge in [0.05, 0.1) is 11.9 Å². The molecule has 0 N–H and O–H groups in total. The smallest absolute Gasteiger partial charge is 0.213 e. The van der Waals surface area contributed by atoms with E-state index in [0.717, 1.165) is 31.5 Å². The van der Waals surface area contributed by atoms with E-state index in [9.17, 15) is 0 Å². The van der Waals surface area contributed by atoms with Gasteiger partial charge in [-0.15, -0.1) is 15.3 Å². The Bertz CT molecular complexity index is 953. The molecule has 4 rings (SSSR count). The van der Waals surface area contributed by atoms with Crippen molar-refractivity contribution in [3.63, 3.8) is 0 Å². The number of aryl methyl sites for hydroxylation is 1. The lowest BCUT2D eigenvalue weighted by molar-refractivity contribution is 0.536. The Morgan fingerprint density at radius 1 is 1.25 bits per heavy atom. The maximum atomic E-state index is 4.63. The molecule has 0 unspecified atom stereocenters. The van der Waals surface area contributed by atoms with Crippen molar-refractivity contribution in [2.75, 3.05) is 0 Å². The maximum absolute atomic E-state index is 4.63. The SMILES string of the molecule is Cc1nnc(Sc2nn3cc(-c4cccnc4)nc3s2)n1C(C)C. The van der Waals surface area contributed by atoms with Crippen molar-refractivity contribution in [1.82, 2.24) is 34.3 Å². The fourth-order valence-electron chi connectivity index (χ4n) is 2.47. The molecule has 0 atom stereocenters. The van der Waals surface area contributed by atoms with Gasteiger partial charge >= 0.3 is 0 Å². The number of rotatable bonds is 4. The highest BCUT2D eigenvalue weighted by Crippen LogP contribution is 2.32. The van der Waals surface area contributed by atoms with Crippen molar-refractivity contribution in [2.24, 2.45) is 0 Å². The van der Waals surface area contributed by atoms with Crippen LogP contribution in [0, 0.1) is 6.92 Å². The molecule has 0 amide bonds. The summed E-state index contributed by atoms with van der Waals surface area (Å²) in [5.74, 6) is 0.910. The molecule has 0 radical (unpaired) electrons. The monoisotopic (exact) mass is 357 g/mol. The minimum atomic E-state index is 0.309. The first kappa shape index (κ1) is 15.3. The van der Waals surface area contributed by atoms with Crippen LogP contribution in [0.2, 0.25) is 0 Å². The molecule has 0 aliphatic rings. The fourth-order valence-corrected chi connectivity index (χ4v) is 4.51. The first-order chi connectivity index (χ1) is 11.6. The van der Waals surface area contributed by atoms with E-state index in [1.165, 1.54) is 23.1 Å². The summed E-state index contributed by atoms with van der Waals surface area (Å²) in [5, 5.41) is 13.9. The number of fused-ring (bicyclic) bond motifs is 1. The van der Waals surface area contributed by atoms with E-state index in [1.54, 1.807) is 16.9 Å². The third kappa shape index (κ3) is 2.69. The van der Waals surface area contributed by atoms with Crippen LogP contribution in [-0.4, -0.2) is 34.3 Å². The fraction of sp³-hybridized carbons (Fsp3) is 0.267. The molecule has 24 heavy (non-hydrogen) atoms. The summed E-state index contributed by atoms with van der Waals surface area (Å²) in [5.41, 5.74) is 1.86. The Labute approximate surface area is 146 Å². The lowest BCUT2D eigenvalue weighted by Crippen LogP contribution is -2.04. The molecule has 122 valence electrons. The summed E-state index contributed by atoms with van der Waals surface area (Å²) in [7, 11) is 0. The molecule has 9 heteroatoms. The standard InChI is InChI=1S/C15H15N7S2/c1-9(2)22-10(3)18-19-14(22)24-15-20-21-8-12(17-13(21)23-15)11-5-4-6-16-7-11/h4-9H,1-3H3. The molecule has 4 aromatic rings. The van der Waals surface area contributed by atoms with Crippen molar-refractivity contribution < 1.29 is 0 Å². The molecule has 0 saturated heterocycles. The Morgan fingerprint density at radius 2 is 2.12 bits per heavy atom. The van der Waals surface area contributed by atoms with Gasteiger partial charge in [-0.25, -0.2) is 9.50 Å². The van der Waals surface area contributed by atoms with Gasteiger partial charge in [0.15, 0.2) is 9.50 Å². The van der Waals surface area contributed by atoms with Gasteiger partial charge in [-0.3, -0.25) is 4.98 Å². The van der Waals surface area contributed by atoms with Crippen LogP contribution in [-0.2, 0) is 0 Å². The van der Waals surface area contributed by atoms with Crippen LogP contribution in [0.1, 0.15) is 25.7 Å². The highest BCUT2D eigenvalue weighted by molar-refractivity contribution is 8.01. The van der Waals surface area contributed by atoms with Crippen LogP contribution >= 0.6 is 23.1 Å². The molecule has 0 fully saturated rings. The van der Waals surface area contributed by atoms with Crippen LogP contribution in [0.5, 0.6) is 0 Å². The van der Waals surface area contributed by atoms with Gasteiger partial charge in [0.2, 0.25) is 4.96 Å². The molecule has 7 nitrogen and oxygen atoms in total. The summed E-state index contributed by atoms with van der Waals surface area (Å²) in [6, 6.07) is 4.20. The first-order valence-electron chi connectivity index (χ1n) is 7.48. The molecular formula is C15H15N7S2. The summed E-state index contributed by atoms with van der Waals surface area (Å²) in [6.45, 7) is 6.20. The lowest BCUT2D eigenvalue weighted by atomic mass is 10.2. The summed E-state index contributed by atoms with van der Waals surface area (Å²) in [4.78, 5) is 9.61. The molecule has 4 aromatic heterocycles. The topological polar surface area (TPSA) is 73.8 Å². The molecule has 0 bridgehead atoms. The number of imidazole rings is 1. The van der Waals surface area contributed by atoms with Crippen molar-refractivity contribution in [3.8, 4) is 11.3 Å². The summed E-state index contributed by atoms with van der Waals surface area (Å²) in [6.07, 6.45) is 5.48. The second-order valence-electron chi connectivity index (χ2n) is 5.56. The Hall–Kier alpha value is -2.26. The molecule has 0 saturated carbocycles. The zero-order valence-corrected chi connectivity index (χ0v) is 15.0. The molecule has 0 aliphatic heterocycles. The Kier molecular flexibility index (Phi) is 3.81. The van der Waals surface area contributed by atoms with Gasteiger partial charge in [-0.2, -0.15) is 0 Å². The van der Waals surface area contributed by atoms with E-state index < -0.39 is 0 Å². The quantitative estimate of drug-likeness (QED) is 0.557. The minimum Gasteiger partial charge on any atom is -0.303 e. The zero-order chi connectivity index (χ0) is 16.7. The number of aromatic nitrogens is 7. The van der Waals surface area contributed by atoms with Crippen molar-refractivity contribution in [3.05, 3.63) is 36.5 Å². The number of nitrogens with zero attached hydrogens (tertiary/aromatic N) is 7. The predicted molar refractivity (Wildman–Crippen MR) is 93.4 cm³/mol. The van der Waals surface area contributed by atoms with Crippen LogP contribution in [0.3, 0.4) is 0 Å². The summed E-state index contributed by atoms with van der Waals surface area (Å²) < 4.78 is 4.80. The van der Waals surface area contributed by atoms with E-state index in [2.05, 4.69) is 43.7 Å². The first-order valence-corrected chi connectivity index (χ1v) is 9.11. The molecule has 0 spiro atoms. The number of pyridine rings is 1. The lowest BCUT2D eigenvalue weighted by Gasteiger charge is -2.10. The second kappa shape index (κ2) is 5.99. The van der Waals surface area contributed by atoms with Crippen LogP contribution in [0.25, 0.3) is 16.2 Å². The zero-order valence-electron chi connectivity index (χ0n) is 13.4. The Morgan fingerprint density at radius 3 is 2.83 bits per heavy atom. The van der Waals surface area contributed by atoms with Gasteiger partial charge in [0, 0.05) is 24.0 Å². The van der Waals surface area contributed by atoms with Crippen molar-refractivity contribution >= 4 is 28.1 Å². The number of hydrogen-bond acceptors (Lipinski definition) is 7. The van der Waals surface area contributed by atoms with Gasteiger partial charge < -0.3 is 4.57 Å². The predicted octanol–water partition coefficient (Wildman–Crippen LogP) is 3.48. The summed E-state index contributed by atoms with van der Waals surface area (Å²) >= 11 is 3.06. The van der Waals surface area contributed by atoms with Gasteiger partial charge in [-0.1, -0.05) is 11.3 Å². The highest BCUT2D eigenvalue weighted by Gasteiger charge is 2.16. The third-order valence-corrected chi connectivity index (χ3v) is 5.45. The third-order valence-electron chi connectivity index (χ3n) is 3.51. The Balaban J connectivity index is 1.64. The molecular weight excluding hydrogens is 342 g/mol. The maximum Gasteiger partial charge on any atom is 0.213 e. The molecule has 0 aromatic carbocycles. The second-order valence-corrected chi connectivity index (χ2v) is 7.73. The van der Waals surface area contributed by atoms with Gasteiger partial charge in [0.25, 0.3) is 0 Å². The molecule has 0 aliphatic carbocycles. The van der Waals surface area contributed by atoms with Crippen LogP contribution in [0.4, 0.5) is 0 Å². The minimum absolute atomic E-state index is 0.309. The number of hydrogen-bond donors (Lipinski definition) is 0. The normalized spacial score (nSPS) is 11.7.